The molecule has 0 amide bonds. The quantitative estimate of drug-likeness (QED) is 0.480. The van der Waals surface area contributed by atoms with Crippen LogP contribution >= 0.6 is 11.6 Å². The molecule has 0 bridgehead atoms. The third-order valence-corrected chi connectivity index (χ3v) is 7.39. The molecule has 3 aromatic rings. The molecule has 0 aliphatic carbocycles. The number of ether oxygens (including phenoxy) is 1. The monoisotopic (exact) mass is 522 g/mol. The molecule has 3 rings (SSSR count). The molecule has 0 aliphatic rings. The lowest BCUT2D eigenvalue weighted by atomic mass is 10.2. The number of anilines is 1. The van der Waals surface area contributed by atoms with E-state index in [2.05, 4.69) is 15.0 Å². The van der Waals surface area contributed by atoms with E-state index in [9.17, 15) is 30.0 Å². The summed E-state index contributed by atoms with van der Waals surface area (Å²) in [6.45, 7) is 0. The highest BCUT2D eigenvalue weighted by atomic mass is 35.5. The summed E-state index contributed by atoms with van der Waals surface area (Å²) in [5.74, 6) is -0.605. The lowest BCUT2D eigenvalue weighted by Crippen LogP contribution is -2.36. The molecule has 0 unspecified atom stereocenters. The van der Waals surface area contributed by atoms with Crippen LogP contribution in [0.2, 0.25) is 5.02 Å². The van der Waals surface area contributed by atoms with E-state index in [4.69, 9.17) is 16.3 Å². The summed E-state index contributed by atoms with van der Waals surface area (Å²) in [6.07, 6.45) is 0.537. The molecule has 0 saturated carbocycles. The minimum atomic E-state index is -4.51. The highest BCUT2D eigenvalue weighted by molar-refractivity contribution is 8.09. The largest absolute Gasteiger partial charge is 0.437 e. The van der Waals surface area contributed by atoms with Gasteiger partial charge in [0.1, 0.15) is 11.4 Å². The van der Waals surface area contributed by atoms with Crippen LogP contribution in [-0.4, -0.2) is 44.3 Å². The Hall–Kier alpha value is -2.97. The number of hydrogen-bond acceptors (Lipinski definition) is 8. The van der Waals surface area contributed by atoms with E-state index < -0.39 is 37.6 Å². The second-order valence-corrected chi connectivity index (χ2v) is 10.9. The van der Waals surface area contributed by atoms with E-state index in [1.165, 1.54) is 18.5 Å². The van der Waals surface area contributed by atoms with Gasteiger partial charge in [0.05, 0.1) is 23.1 Å². The van der Waals surface area contributed by atoms with Crippen LogP contribution < -0.4 is 8.45 Å². The first-order valence-electron chi connectivity index (χ1n) is 8.70. The van der Waals surface area contributed by atoms with Crippen molar-refractivity contribution in [3.63, 3.8) is 0 Å². The fourth-order valence-electron chi connectivity index (χ4n) is 2.68. The van der Waals surface area contributed by atoms with Gasteiger partial charge in [0.15, 0.2) is 5.82 Å². The van der Waals surface area contributed by atoms with Gasteiger partial charge in [-0.25, -0.2) is 31.8 Å². The smallest absolute Gasteiger partial charge is 0.416 e. The number of nitrogens with zero attached hydrogens (tertiary/aromatic N) is 4. The van der Waals surface area contributed by atoms with E-state index in [1.54, 1.807) is 0 Å². The second-order valence-electron chi connectivity index (χ2n) is 6.59. The molecule has 15 heteroatoms. The summed E-state index contributed by atoms with van der Waals surface area (Å²) in [6, 6.07) is 5.08. The lowest BCUT2D eigenvalue weighted by Gasteiger charge is -2.20. The fourth-order valence-corrected chi connectivity index (χ4v) is 5.91. The summed E-state index contributed by atoms with van der Waals surface area (Å²) in [4.78, 5) is 12.0. The summed E-state index contributed by atoms with van der Waals surface area (Å²) >= 11 is 6.13. The minimum Gasteiger partial charge on any atom is -0.437 e. The Morgan fingerprint density at radius 1 is 0.939 bits per heavy atom. The first-order chi connectivity index (χ1) is 15.2. The van der Waals surface area contributed by atoms with Crippen LogP contribution in [0, 0.1) is 0 Å². The first kappa shape index (κ1) is 24.7. The molecule has 2 aromatic heterocycles. The molecule has 0 N–H and O–H groups in total. The second kappa shape index (κ2) is 8.76. The molecular formula is C18H14ClF3N4O5S2. The van der Waals surface area contributed by atoms with Crippen LogP contribution in [-0.2, 0) is 26.2 Å². The van der Waals surface area contributed by atoms with Crippen molar-refractivity contribution in [1.82, 2.24) is 15.0 Å². The maximum atomic E-state index is 12.7. The average Bonchev–Trinajstić information content (AvgIpc) is 2.67. The Kier molecular flexibility index (Phi) is 6.55. The molecule has 2 heterocycles. The van der Waals surface area contributed by atoms with Crippen molar-refractivity contribution in [1.29, 1.82) is 0 Å². The summed E-state index contributed by atoms with van der Waals surface area (Å²) in [5.41, 5.74) is -0.605. The molecule has 0 aliphatic heterocycles. The van der Waals surface area contributed by atoms with Crippen molar-refractivity contribution in [2.75, 3.05) is 16.2 Å². The van der Waals surface area contributed by atoms with E-state index >= 15 is 0 Å². The topological polar surface area (TPSA) is 119 Å². The Labute approximate surface area is 191 Å². The Balaban J connectivity index is 2.00. The summed E-state index contributed by atoms with van der Waals surface area (Å²) in [7, 11) is -8.55. The molecular weight excluding hydrogens is 509 g/mol. The van der Waals surface area contributed by atoms with Crippen LogP contribution in [0.1, 0.15) is 5.56 Å². The number of halogens is 4. The molecule has 9 nitrogen and oxygen atoms in total. The molecule has 0 fully saturated rings. The molecule has 0 radical (unpaired) electrons. The van der Waals surface area contributed by atoms with Crippen LogP contribution in [0.15, 0.2) is 48.9 Å². The Morgan fingerprint density at radius 3 is 2.03 bits per heavy atom. The number of alkyl halides is 3. The number of aromatic nitrogens is 3. The molecule has 33 heavy (non-hydrogen) atoms. The van der Waals surface area contributed by atoms with Gasteiger partial charge < -0.3 is 4.74 Å². The highest BCUT2D eigenvalue weighted by Gasteiger charge is 2.31. The fraction of sp³-hybridized carbons (Fsp3) is 0.167. The molecule has 0 spiro atoms. The maximum Gasteiger partial charge on any atom is 0.416 e. The first-order valence-corrected chi connectivity index (χ1v) is 12.8. The Morgan fingerprint density at radius 2 is 1.52 bits per heavy atom. The average molecular weight is 523 g/mol. The van der Waals surface area contributed by atoms with E-state index in [1.807, 2.05) is 0 Å². The molecule has 0 atom stereocenters. The van der Waals surface area contributed by atoms with Gasteiger partial charge in [0.25, 0.3) is 0 Å². The molecule has 176 valence electrons. The summed E-state index contributed by atoms with van der Waals surface area (Å²) < 4.78 is 91.7. The van der Waals surface area contributed by atoms with Gasteiger partial charge in [-0.1, -0.05) is 11.6 Å². The van der Waals surface area contributed by atoms with Crippen molar-refractivity contribution in [2.45, 2.75) is 6.18 Å². The van der Waals surface area contributed by atoms with Gasteiger partial charge in [0, 0.05) is 24.2 Å². The van der Waals surface area contributed by atoms with Crippen LogP contribution in [0.5, 0.6) is 11.6 Å². The standard InChI is InChI=1S/C18H14ClF3N4O5S2/c1-32(27,28)26(33(2,29)30)16-14(19)9-11(10-25-16)15-17(24-8-7-23-15)31-13-5-3-12(4-6-13)18(20,21)22/h3-10H,1-2H3. The minimum absolute atomic E-state index is 0.0424. The molecule has 0 saturated heterocycles. The number of hydrogen-bond donors (Lipinski definition) is 0. The van der Waals surface area contributed by atoms with Crippen molar-refractivity contribution in [2.24, 2.45) is 0 Å². The molecule has 1 aromatic carbocycles. The zero-order chi connectivity index (χ0) is 24.6. The zero-order valence-electron chi connectivity index (χ0n) is 16.8. The number of benzene rings is 1. The maximum absolute atomic E-state index is 12.7. The third-order valence-electron chi connectivity index (χ3n) is 3.93. The van der Waals surface area contributed by atoms with Crippen molar-refractivity contribution in [3.05, 3.63) is 59.5 Å². The van der Waals surface area contributed by atoms with E-state index in [0.29, 0.717) is 12.5 Å². The van der Waals surface area contributed by atoms with Gasteiger partial charge in [-0.15, -0.1) is 3.71 Å². The predicted octanol–water partition coefficient (Wildman–Crippen LogP) is 3.73. The van der Waals surface area contributed by atoms with E-state index in [0.717, 1.165) is 30.5 Å². The van der Waals surface area contributed by atoms with E-state index in [-0.39, 0.29) is 31.6 Å². The van der Waals surface area contributed by atoms with Gasteiger partial charge in [0.2, 0.25) is 25.9 Å². The third kappa shape index (κ3) is 5.69. The van der Waals surface area contributed by atoms with Crippen LogP contribution in [0.25, 0.3) is 11.3 Å². The zero-order valence-corrected chi connectivity index (χ0v) is 19.2. The number of sulfonamides is 2. The van der Waals surface area contributed by atoms with Crippen LogP contribution in [0.3, 0.4) is 0 Å². The van der Waals surface area contributed by atoms with Crippen LogP contribution in [0.4, 0.5) is 19.0 Å². The van der Waals surface area contributed by atoms with Gasteiger partial charge in [-0.2, -0.15) is 13.2 Å². The predicted molar refractivity (Wildman–Crippen MR) is 114 cm³/mol. The lowest BCUT2D eigenvalue weighted by molar-refractivity contribution is -0.137. The van der Waals surface area contributed by atoms with Gasteiger partial charge in [-0.3, -0.25) is 0 Å². The van der Waals surface area contributed by atoms with Crippen molar-refractivity contribution in [3.8, 4) is 22.9 Å². The van der Waals surface area contributed by atoms with Gasteiger partial charge >= 0.3 is 6.18 Å². The Bertz CT molecular complexity index is 1370. The normalized spacial score (nSPS) is 12.4. The highest BCUT2D eigenvalue weighted by Crippen LogP contribution is 2.35. The number of pyridine rings is 1. The SMILES string of the molecule is CS(=O)(=O)N(c1ncc(-c2nccnc2Oc2ccc(C(F)(F)F)cc2)cc1Cl)S(C)(=O)=O. The van der Waals surface area contributed by atoms with Gasteiger partial charge in [-0.05, 0) is 30.3 Å². The summed E-state index contributed by atoms with van der Waals surface area (Å²) in [5, 5.41) is -0.325. The van der Waals surface area contributed by atoms with Crippen molar-refractivity contribution >= 4 is 37.5 Å². The number of rotatable bonds is 6. The van der Waals surface area contributed by atoms with Crippen molar-refractivity contribution < 1.29 is 34.7 Å².